The molecule has 0 aliphatic heterocycles. The molecule has 20 heavy (non-hydrogen) atoms. The first-order chi connectivity index (χ1) is 9.70. The molecule has 1 amide bonds. The van der Waals surface area contributed by atoms with Crippen molar-refractivity contribution in [2.24, 2.45) is 0 Å². The molecule has 1 aliphatic rings. The minimum Gasteiger partial charge on any atom is -0.395 e. The number of hydrogen-bond donors (Lipinski definition) is 2. The van der Waals surface area contributed by atoms with Gasteiger partial charge in [-0.25, -0.2) is 0 Å². The normalized spacial score (nSPS) is 15.2. The van der Waals surface area contributed by atoms with Crippen LogP contribution in [0.25, 0.3) is 0 Å². The smallest absolute Gasteiger partial charge is 0.234 e. The molecule has 0 unspecified atom stereocenters. The summed E-state index contributed by atoms with van der Waals surface area (Å²) in [5.41, 5.74) is 0.917. The van der Waals surface area contributed by atoms with Gasteiger partial charge in [0.2, 0.25) is 5.91 Å². The van der Waals surface area contributed by atoms with Crippen LogP contribution in [0.1, 0.15) is 24.8 Å². The summed E-state index contributed by atoms with van der Waals surface area (Å²) < 4.78 is 0. The Balaban J connectivity index is 1.80. The average Bonchev–Trinajstić information content (AvgIpc) is 2.36. The van der Waals surface area contributed by atoms with Gasteiger partial charge in [0.1, 0.15) is 0 Å². The maximum Gasteiger partial charge on any atom is 0.234 e. The third-order valence-electron chi connectivity index (χ3n) is 3.76. The lowest BCUT2D eigenvalue weighted by Crippen LogP contribution is -2.47. The molecule has 1 aromatic carbocycles. The van der Waals surface area contributed by atoms with Crippen molar-refractivity contribution in [2.75, 3.05) is 19.7 Å². The molecule has 1 aliphatic carbocycles. The van der Waals surface area contributed by atoms with Gasteiger partial charge in [0.15, 0.2) is 0 Å². The Bertz CT molecular complexity index is 449. The molecule has 2 N–H and O–H groups in total. The molecular formula is C15H21ClN2O2. The Labute approximate surface area is 124 Å². The van der Waals surface area contributed by atoms with Gasteiger partial charge in [0.25, 0.3) is 0 Å². The lowest BCUT2D eigenvalue weighted by molar-refractivity contribution is -0.123. The van der Waals surface area contributed by atoms with E-state index in [1.165, 1.54) is 6.42 Å². The Kier molecular flexibility index (Phi) is 5.83. The topological polar surface area (TPSA) is 52.6 Å². The summed E-state index contributed by atoms with van der Waals surface area (Å²) in [7, 11) is 0. The summed E-state index contributed by atoms with van der Waals surface area (Å²) in [4.78, 5) is 14.0. The van der Waals surface area contributed by atoms with Crippen LogP contribution < -0.4 is 5.32 Å². The van der Waals surface area contributed by atoms with E-state index in [4.69, 9.17) is 16.7 Å². The quantitative estimate of drug-likeness (QED) is 0.807. The Morgan fingerprint density at radius 2 is 2.15 bits per heavy atom. The number of rotatable bonds is 7. The lowest BCUT2D eigenvalue weighted by Gasteiger charge is -2.36. The fourth-order valence-corrected chi connectivity index (χ4v) is 2.55. The predicted molar refractivity (Wildman–Crippen MR) is 79.6 cm³/mol. The summed E-state index contributed by atoms with van der Waals surface area (Å²) >= 11 is 6.05. The fourth-order valence-electron chi connectivity index (χ4n) is 2.35. The van der Waals surface area contributed by atoms with Crippen LogP contribution in [0.15, 0.2) is 24.3 Å². The van der Waals surface area contributed by atoms with Crippen LogP contribution in [0.5, 0.6) is 0 Å². The van der Waals surface area contributed by atoms with Crippen LogP contribution in [-0.4, -0.2) is 41.7 Å². The number of hydrogen-bond acceptors (Lipinski definition) is 3. The SMILES string of the molecule is O=C(CN(CCO)C1CCC1)NCc1ccccc1Cl. The zero-order valence-corrected chi connectivity index (χ0v) is 12.3. The van der Waals surface area contributed by atoms with E-state index in [0.29, 0.717) is 30.7 Å². The molecule has 0 aromatic heterocycles. The van der Waals surface area contributed by atoms with Gasteiger partial charge in [-0.15, -0.1) is 0 Å². The van der Waals surface area contributed by atoms with Crippen molar-refractivity contribution < 1.29 is 9.90 Å². The predicted octanol–water partition coefficient (Wildman–Crippen LogP) is 1.80. The number of benzene rings is 1. The minimum absolute atomic E-state index is 0.0229. The van der Waals surface area contributed by atoms with Crippen LogP contribution in [0.2, 0.25) is 5.02 Å². The molecule has 0 atom stereocenters. The van der Waals surface area contributed by atoms with Gasteiger partial charge in [0, 0.05) is 24.2 Å². The van der Waals surface area contributed by atoms with Gasteiger partial charge in [0.05, 0.1) is 13.2 Å². The first-order valence-corrected chi connectivity index (χ1v) is 7.43. The first-order valence-electron chi connectivity index (χ1n) is 7.05. The highest BCUT2D eigenvalue weighted by Crippen LogP contribution is 2.24. The molecule has 4 nitrogen and oxygen atoms in total. The van der Waals surface area contributed by atoms with Crippen molar-refractivity contribution in [1.82, 2.24) is 10.2 Å². The molecule has 0 bridgehead atoms. The van der Waals surface area contributed by atoms with E-state index in [-0.39, 0.29) is 12.5 Å². The lowest BCUT2D eigenvalue weighted by atomic mass is 9.91. The molecule has 2 rings (SSSR count). The Hall–Kier alpha value is -1.10. The second-order valence-corrected chi connectivity index (χ2v) is 5.55. The van der Waals surface area contributed by atoms with Gasteiger partial charge in [-0.1, -0.05) is 36.2 Å². The first kappa shape index (κ1) is 15.3. The van der Waals surface area contributed by atoms with Gasteiger partial charge in [-0.05, 0) is 24.5 Å². The number of halogens is 1. The summed E-state index contributed by atoms with van der Waals surface area (Å²) in [5, 5.41) is 12.6. The molecule has 0 saturated heterocycles. The average molecular weight is 297 g/mol. The van der Waals surface area contributed by atoms with E-state index in [0.717, 1.165) is 18.4 Å². The standard InChI is InChI=1S/C15H21ClN2O2/c16-14-7-2-1-4-12(14)10-17-15(20)11-18(8-9-19)13-5-3-6-13/h1-2,4,7,13,19H,3,5-6,8-11H2,(H,17,20). The maximum atomic E-state index is 12.0. The second kappa shape index (κ2) is 7.62. The van der Waals surface area contributed by atoms with Crippen molar-refractivity contribution in [3.05, 3.63) is 34.9 Å². The van der Waals surface area contributed by atoms with Crippen molar-refractivity contribution in [2.45, 2.75) is 31.8 Å². The van der Waals surface area contributed by atoms with Crippen molar-refractivity contribution in [1.29, 1.82) is 0 Å². The van der Waals surface area contributed by atoms with Crippen LogP contribution in [0.3, 0.4) is 0 Å². The monoisotopic (exact) mass is 296 g/mol. The van der Waals surface area contributed by atoms with E-state index in [9.17, 15) is 4.79 Å². The summed E-state index contributed by atoms with van der Waals surface area (Å²) in [6.07, 6.45) is 3.46. The number of nitrogens with zero attached hydrogens (tertiary/aromatic N) is 1. The van der Waals surface area contributed by atoms with Crippen LogP contribution in [0, 0.1) is 0 Å². The highest BCUT2D eigenvalue weighted by Gasteiger charge is 2.25. The van der Waals surface area contributed by atoms with E-state index < -0.39 is 0 Å². The molecule has 1 saturated carbocycles. The molecule has 0 radical (unpaired) electrons. The summed E-state index contributed by atoms with van der Waals surface area (Å²) in [6, 6.07) is 7.94. The molecule has 0 spiro atoms. The second-order valence-electron chi connectivity index (χ2n) is 5.15. The van der Waals surface area contributed by atoms with E-state index >= 15 is 0 Å². The number of aliphatic hydroxyl groups excluding tert-OH is 1. The molecular weight excluding hydrogens is 276 g/mol. The van der Waals surface area contributed by atoms with E-state index in [1.54, 1.807) is 0 Å². The van der Waals surface area contributed by atoms with Gasteiger partial charge in [-0.2, -0.15) is 0 Å². The van der Waals surface area contributed by atoms with Crippen molar-refractivity contribution in [3.63, 3.8) is 0 Å². The summed E-state index contributed by atoms with van der Waals surface area (Å²) in [6.45, 7) is 1.43. The number of nitrogens with one attached hydrogen (secondary N) is 1. The number of carbonyl (C=O) groups excluding carboxylic acids is 1. The Morgan fingerprint density at radius 3 is 2.75 bits per heavy atom. The number of aliphatic hydroxyl groups is 1. The highest BCUT2D eigenvalue weighted by atomic mass is 35.5. The maximum absolute atomic E-state index is 12.0. The largest absolute Gasteiger partial charge is 0.395 e. The van der Waals surface area contributed by atoms with E-state index in [1.807, 2.05) is 24.3 Å². The zero-order chi connectivity index (χ0) is 14.4. The molecule has 1 fully saturated rings. The van der Waals surface area contributed by atoms with Crippen LogP contribution in [0.4, 0.5) is 0 Å². The minimum atomic E-state index is -0.0229. The van der Waals surface area contributed by atoms with Crippen molar-refractivity contribution in [3.8, 4) is 0 Å². The number of amides is 1. The zero-order valence-electron chi connectivity index (χ0n) is 11.5. The third-order valence-corrected chi connectivity index (χ3v) is 4.13. The molecule has 110 valence electrons. The van der Waals surface area contributed by atoms with Crippen LogP contribution >= 0.6 is 11.6 Å². The summed E-state index contributed by atoms with van der Waals surface area (Å²) in [5.74, 6) is -0.0229. The highest BCUT2D eigenvalue weighted by molar-refractivity contribution is 6.31. The molecule has 5 heteroatoms. The fraction of sp³-hybridized carbons (Fsp3) is 0.533. The molecule has 1 aromatic rings. The molecule has 0 heterocycles. The third kappa shape index (κ3) is 4.20. The van der Waals surface area contributed by atoms with Gasteiger partial charge >= 0.3 is 0 Å². The van der Waals surface area contributed by atoms with Gasteiger partial charge < -0.3 is 10.4 Å². The Morgan fingerprint density at radius 1 is 1.40 bits per heavy atom. The van der Waals surface area contributed by atoms with Crippen LogP contribution in [-0.2, 0) is 11.3 Å². The van der Waals surface area contributed by atoms with E-state index in [2.05, 4.69) is 10.2 Å². The number of carbonyl (C=O) groups is 1. The van der Waals surface area contributed by atoms with Crippen molar-refractivity contribution >= 4 is 17.5 Å². The van der Waals surface area contributed by atoms with Gasteiger partial charge in [-0.3, -0.25) is 9.69 Å².